The number of hydrogen-bond donors (Lipinski definition) is 2. The zero-order valence-electron chi connectivity index (χ0n) is 10.3. The molecule has 100 valence electrons. The van der Waals surface area contributed by atoms with Gasteiger partial charge in [0, 0.05) is 16.7 Å². The van der Waals surface area contributed by atoms with Gasteiger partial charge in [0.25, 0.3) is 0 Å². The molecule has 1 aromatic rings. The van der Waals surface area contributed by atoms with Crippen LogP contribution in [0.5, 0.6) is 0 Å². The van der Waals surface area contributed by atoms with E-state index in [0.717, 1.165) is 18.6 Å². The van der Waals surface area contributed by atoms with E-state index < -0.39 is 0 Å². The summed E-state index contributed by atoms with van der Waals surface area (Å²) < 4.78 is 5.74. The second-order valence-corrected chi connectivity index (χ2v) is 5.59. The summed E-state index contributed by atoms with van der Waals surface area (Å²) in [5.74, 6) is 6.14. The van der Waals surface area contributed by atoms with Crippen LogP contribution in [-0.2, 0) is 11.2 Å². The van der Waals surface area contributed by atoms with Crippen molar-refractivity contribution >= 4 is 23.2 Å². The number of benzene rings is 1. The number of rotatable bonds is 4. The highest BCUT2D eigenvalue weighted by atomic mass is 35.5. The third kappa shape index (κ3) is 2.98. The Bertz CT molecular complexity index is 394. The van der Waals surface area contributed by atoms with Crippen LogP contribution in [0.4, 0.5) is 0 Å². The van der Waals surface area contributed by atoms with Gasteiger partial charge in [-0.15, -0.1) is 0 Å². The summed E-state index contributed by atoms with van der Waals surface area (Å²) >= 11 is 12.4. The fourth-order valence-electron chi connectivity index (χ4n) is 2.45. The van der Waals surface area contributed by atoms with Crippen LogP contribution in [-0.4, -0.2) is 18.8 Å². The Morgan fingerprint density at radius 1 is 1.44 bits per heavy atom. The highest BCUT2D eigenvalue weighted by Crippen LogP contribution is 2.29. The van der Waals surface area contributed by atoms with E-state index in [-0.39, 0.29) is 12.1 Å². The Balaban J connectivity index is 2.15. The van der Waals surface area contributed by atoms with Crippen LogP contribution in [0.2, 0.25) is 10.0 Å². The first-order valence-corrected chi connectivity index (χ1v) is 6.89. The van der Waals surface area contributed by atoms with Crippen molar-refractivity contribution in [3.8, 4) is 0 Å². The van der Waals surface area contributed by atoms with E-state index in [1.54, 1.807) is 0 Å². The predicted octanol–water partition coefficient (Wildman–Crippen LogP) is 2.79. The minimum atomic E-state index is 0.0277. The van der Waals surface area contributed by atoms with Crippen LogP contribution < -0.4 is 11.3 Å². The molecule has 3 N–H and O–H groups in total. The molecule has 0 amide bonds. The number of nitrogens with one attached hydrogen (secondary N) is 1. The standard InChI is InChI=1S/C13H18Cl2N2O/c1-8-5-6-18-13(8)12(17-16)7-9-10(14)3-2-4-11(9)15/h2-4,8,12-13,17H,5-7,16H2,1H3. The van der Waals surface area contributed by atoms with E-state index in [0.29, 0.717) is 22.4 Å². The van der Waals surface area contributed by atoms with Gasteiger partial charge >= 0.3 is 0 Å². The summed E-state index contributed by atoms with van der Waals surface area (Å²) in [5.41, 5.74) is 3.76. The Labute approximate surface area is 118 Å². The molecule has 0 aliphatic carbocycles. The van der Waals surface area contributed by atoms with Crippen molar-refractivity contribution in [2.75, 3.05) is 6.61 Å². The topological polar surface area (TPSA) is 47.3 Å². The first-order chi connectivity index (χ1) is 8.63. The van der Waals surface area contributed by atoms with Crippen LogP contribution in [0.3, 0.4) is 0 Å². The lowest BCUT2D eigenvalue weighted by Crippen LogP contribution is -2.47. The molecule has 3 atom stereocenters. The first-order valence-electron chi connectivity index (χ1n) is 6.14. The quantitative estimate of drug-likeness (QED) is 0.662. The summed E-state index contributed by atoms with van der Waals surface area (Å²) in [7, 11) is 0. The summed E-state index contributed by atoms with van der Waals surface area (Å²) in [6.07, 6.45) is 1.85. The van der Waals surface area contributed by atoms with Gasteiger partial charge in [-0.05, 0) is 36.5 Å². The fraction of sp³-hybridized carbons (Fsp3) is 0.538. The number of halogens is 2. The molecule has 5 heteroatoms. The predicted molar refractivity (Wildman–Crippen MR) is 74.8 cm³/mol. The molecule has 0 radical (unpaired) electrons. The molecule has 3 nitrogen and oxygen atoms in total. The van der Waals surface area contributed by atoms with Crippen LogP contribution >= 0.6 is 23.2 Å². The molecule has 1 aliphatic rings. The fourth-order valence-corrected chi connectivity index (χ4v) is 3.00. The smallest absolute Gasteiger partial charge is 0.0771 e. The van der Waals surface area contributed by atoms with Crippen LogP contribution in [0.1, 0.15) is 18.9 Å². The van der Waals surface area contributed by atoms with Crippen molar-refractivity contribution < 1.29 is 4.74 Å². The van der Waals surface area contributed by atoms with Gasteiger partial charge in [-0.25, -0.2) is 0 Å². The summed E-state index contributed by atoms with van der Waals surface area (Å²) in [4.78, 5) is 0. The van der Waals surface area contributed by atoms with Crippen molar-refractivity contribution in [3.63, 3.8) is 0 Å². The second kappa shape index (κ2) is 6.22. The van der Waals surface area contributed by atoms with E-state index in [2.05, 4.69) is 12.3 Å². The molecule has 2 rings (SSSR count). The molecule has 0 bridgehead atoms. The first kappa shape index (κ1) is 14.1. The Kier molecular flexibility index (Phi) is 4.87. The molecular weight excluding hydrogens is 271 g/mol. The lowest BCUT2D eigenvalue weighted by molar-refractivity contribution is 0.0610. The average Bonchev–Trinajstić information content (AvgIpc) is 2.76. The highest BCUT2D eigenvalue weighted by Gasteiger charge is 2.32. The molecule has 1 heterocycles. The van der Waals surface area contributed by atoms with Gasteiger partial charge in [0.05, 0.1) is 12.1 Å². The van der Waals surface area contributed by atoms with Gasteiger partial charge in [0.2, 0.25) is 0 Å². The molecule has 1 saturated heterocycles. The van der Waals surface area contributed by atoms with Gasteiger partial charge in [0.15, 0.2) is 0 Å². The van der Waals surface area contributed by atoms with E-state index >= 15 is 0 Å². The van der Waals surface area contributed by atoms with E-state index in [4.69, 9.17) is 33.8 Å². The maximum Gasteiger partial charge on any atom is 0.0771 e. The lowest BCUT2D eigenvalue weighted by Gasteiger charge is -2.26. The van der Waals surface area contributed by atoms with Crippen LogP contribution in [0, 0.1) is 5.92 Å². The SMILES string of the molecule is CC1CCOC1C(Cc1c(Cl)cccc1Cl)NN. The Hall–Kier alpha value is -0.320. The zero-order chi connectivity index (χ0) is 13.1. The second-order valence-electron chi connectivity index (χ2n) is 4.78. The molecule has 0 saturated carbocycles. The number of hydrogen-bond acceptors (Lipinski definition) is 3. The maximum atomic E-state index is 6.18. The number of nitrogens with two attached hydrogens (primary N) is 1. The van der Waals surface area contributed by atoms with Gasteiger partial charge < -0.3 is 4.74 Å². The summed E-state index contributed by atoms with van der Waals surface area (Å²) in [5, 5.41) is 1.35. The van der Waals surface area contributed by atoms with E-state index in [1.165, 1.54) is 0 Å². The molecule has 1 fully saturated rings. The van der Waals surface area contributed by atoms with E-state index in [1.807, 2.05) is 18.2 Å². The number of hydrazine groups is 1. The van der Waals surface area contributed by atoms with Crippen molar-refractivity contribution in [1.82, 2.24) is 5.43 Å². The third-order valence-corrected chi connectivity index (χ3v) is 4.25. The van der Waals surface area contributed by atoms with Gasteiger partial charge in [0.1, 0.15) is 0 Å². The third-order valence-electron chi connectivity index (χ3n) is 3.54. The zero-order valence-corrected chi connectivity index (χ0v) is 11.8. The molecule has 0 spiro atoms. The molecule has 1 aromatic carbocycles. The van der Waals surface area contributed by atoms with Crippen molar-refractivity contribution in [3.05, 3.63) is 33.8 Å². The molecule has 18 heavy (non-hydrogen) atoms. The normalized spacial score (nSPS) is 25.3. The van der Waals surface area contributed by atoms with Gasteiger partial charge in [-0.1, -0.05) is 36.2 Å². The van der Waals surface area contributed by atoms with Gasteiger partial charge in [-0.2, -0.15) is 0 Å². The summed E-state index contributed by atoms with van der Waals surface area (Å²) in [6.45, 7) is 2.97. The van der Waals surface area contributed by atoms with Crippen LogP contribution in [0.15, 0.2) is 18.2 Å². The van der Waals surface area contributed by atoms with E-state index in [9.17, 15) is 0 Å². The van der Waals surface area contributed by atoms with Crippen molar-refractivity contribution in [2.45, 2.75) is 31.9 Å². The van der Waals surface area contributed by atoms with Crippen LogP contribution in [0.25, 0.3) is 0 Å². The summed E-state index contributed by atoms with van der Waals surface area (Å²) in [6, 6.07) is 5.55. The monoisotopic (exact) mass is 288 g/mol. The molecule has 1 aliphatic heterocycles. The minimum absolute atomic E-state index is 0.0277. The lowest BCUT2D eigenvalue weighted by atomic mass is 9.93. The Morgan fingerprint density at radius 3 is 2.61 bits per heavy atom. The van der Waals surface area contributed by atoms with Crippen molar-refractivity contribution in [1.29, 1.82) is 0 Å². The minimum Gasteiger partial charge on any atom is -0.376 e. The van der Waals surface area contributed by atoms with Crippen molar-refractivity contribution in [2.24, 2.45) is 11.8 Å². The largest absolute Gasteiger partial charge is 0.376 e. The molecular formula is C13H18Cl2N2O. The molecule has 0 aromatic heterocycles. The Morgan fingerprint density at radius 2 is 2.11 bits per heavy atom. The molecule has 3 unspecified atom stereocenters. The highest BCUT2D eigenvalue weighted by molar-refractivity contribution is 6.36. The van der Waals surface area contributed by atoms with Gasteiger partial charge in [-0.3, -0.25) is 11.3 Å². The average molecular weight is 289 g/mol. The maximum absolute atomic E-state index is 6.18. The number of ether oxygens (including phenoxy) is 1.